The highest BCUT2D eigenvalue weighted by atomic mass is 32.2. The van der Waals surface area contributed by atoms with Gasteiger partial charge in [0.1, 0.15) is 6.33 Å². The van der Waals surface area contributed by atoms with Gasteiger partial charge in [0.15, 0.2) is 0 Å². The Hall–Kier alpha value is -1.48. The Morgan fingerprint density at radius 2 is 2.05 bits per heavy atom. The number of nitrogens with one attached hydrogen (secondary N) is 1. The van der Waals surface area contributed by atoms with Gasteiger partial charge in [-0.05, 0) is 25.7 Å². The van der Waals surface area contributed by atoms with Gasteiger partial charge in [-0.1, -0.05) is 0 Å². The first-order valence-electron chi connectivity index (χ1n) is 7.05. The number of sulfonamides is 1. The van der Waals surface area contributed by atoms with Crippen LogP contribution in [0, 0.1) is 0 Å². The predicted molar refractivity (Wildman–Crippen MR) is 75.0 cm³/mol. The maximum Gasteiger partial charge on any atom is 0.291 e. The van der Waals surface area contributed by atoms with Crippen LogP contribution in [0.2, 0.25) is 0 Å². The summed E-state index contributed by atoms with van der Waals surface area (Å²) in [5.74, 6) is -0.0112. The number of likely N-dealkylation sites (tertiary alicyclic amines) is 1. The van der Waals surface area contributed by atoms with E-state index in [9.17, 15) is 13.2 Å². The molecule has 3 rings (SSSR count). The molecule has 8 nitrogen and oxygen atoms in total. The first-order chi connectivity index (χ1) is 9.92. The molecule has 1 spiro atoms. The Morgan fingerprint density at radius 1 is 1.33 bits per heavy atom. The molecule has 0 unspecified atom stereocenters. The van der Waals surface area contributed by atoms with Crippen LogP contribution in [-0.2, 0) is 10.0 Å². The van der Waals surface area contributed by atoms with Crippen molar-refractivity contribution in [2.24, 2.45) is 0 Å². The van der Waals surface area contributed by atoms with Gasteiger partial charge in [0.25, 0.3) is 5.91 Å². The van der Waals surface area contributed by atoms with Crippen LogP contribution in [0.5, 0.6) is 0 Å². The van der Waals surface area contributed by atoms with E-state index >= 15 is 0 Å². The van der Waals surface area contributed by atoms with Crippen molar-refractivity contribution < 1.29 is 13.2 Å². The Labute approximate surface area is 123 Å². The number of carbonyl (C=O) groups is 1. The number of aromatic nitrogens is 3. The SMILES string of the molecule is CS(=O)(=O)N1CCC[C@]12CCCN(C(=O)c1ncn[nH]1)C2. The van der Waals surface area contributed by atoms with Crippen LogP contribution < -0.4 is 0 Å². The minimum atomic E-state index is -3.25. The molecule has 0 aliphatic carbocycles. The van der Waals surface area contributed by atoms with Gasteiger partial charge in [-0.25, -0.2) is 13.4 Å². The number of hydrogen-bond acceptors (Lipinski definition) is 5. The normalized spacial score (nSPS) is 27.4. The molecule has 1 N–H and O–H groups in total. The van der Waals surface area contributed by atoms with E-state index in [0.717, 1.165) is 25.7 Å². The number of carbonyl (C=O) groups excluding carboxylic acids is 1. The summed E-state index contributed by atoms with van der Waals surface area (Å²) in [7, 11) is -3.25. The van der Waals surface area contributed by atoms with E-state index in [-0.39, 0.29) is 11.7 Å². The summed E-state index contributed by atoms with van der Waals surface area (Å²) in [6.07, 6.45) is 5.80. The van der Waals surface area contributed by atoms with Gasteiger partial charge in [0.2, 0.25) is 15.8 Å². The molecule has 2 fully saturated rings. The van der Waals surface area contributed by atoms with E-state index in [2.05, 4.69) is 15.2 Å². The summed E-state index contributed by atoms with van der Waals surface area (Å²) in [5, 5.41) is 6.26. The fourth-order valence-electron chi connectivity index (χ4n) is 3.58. The fourth-order valence-corrected chi connectivity index (χ4v) is 4.99. The summed E-state index contributed by atoms with van der Waals surface area (Å²) in [6, 6.07) is 0. The fraction of sp³-hybridized carbons (Fsp3) is 0.750. The zero-order valence-electron chi connectivity index (χ0n) is 11.9. The highest BCUT2D eigenvalue weighted by Crippen LogP contribution is 2.38. The Bertz CT molecular complexity index is 629. The monoisotopic (exact) mass is 313 g/mol. The number of hydrogen-bond donors (Lipinski definition) is 1. The number of nitrogens with zero attached hydrogens (tertiary/aromatic N) is 4. The number of amides is 1. The molecule has 116 valence electrons. The number of piperidine rings is 1. The molecule has 1 atom stereocenters. The lowest BCUT2D eigenvalue weighted by Gasteiger charge is -2.44. The predicted octanol–water partition coefficient (Wildman–Crippen LogP) is -0.165. The Kier molecular flexibility index (Phi) is 3.48. The third kappa shape index (κ3) is 2.55. The minimum absolute atomic E-state index is 0.205. The van der Waals surface area contributed by atoms with Gasteiger partial charge < -0.3 is 4.90 Å². The van der Waals surface area contributed by atoms with Crippen LogP contribution in [0.25, 0.3) is 0 Å². The van der Waals surface area contributed by atoms with Crippen LogP contribution in [-0.4, -0.2) is 70.1 Å². The van der Waals surface area contributed by atoms with Crippen LogP contribution in [0.1, 0.15) is 36.3 Å². The van der Waals surface area contributed by atoms with E-state index < -0.39 is 15.6 Å². The zero-order valence-corrected chi connectivity index (χ0v) is 12.8. The van der Waals surface area contributed by atoms with E-state index in [0.29, 0.717) is 19.6 Å². The molecule has 2 saturated heterocycles. The molecular weight excluding hydrogens is 294 g/mol. The first-order valence-corrected chi connectivity index (χ1v) is 8.90. The molecule has 3 heterocycles. The number of H-pyrrole nitrogens is 1. The Morgan fingerprint density at radius 3 is 2.67 bits per heavy atom. The van der Waals surface area contributed by atoms with Crippen molar-refractivity contribution in [1.29, 1.82) is 0 Å². The van der Waals surface area contributed by atoms with Crippen LogP contribution in [0.3, 0.4) is 0 Å². The standard InChI is InChI=1S/C12H19N5O3S/c1-21(19,20)17-7-3-5-12(17)4-2-6-16(8-12)11(18)10-13-9-14-15-10/h9H,2-8H2,1H3,(H,13,14,15)/t12-/m0/s1. The second-order valence-electron chi connectivity index (χ2n) is 5.83. The molecule has 0 saturated carbocycles. The van der Waals surface area contributed by atoms with Crippen molar-refractivity contribution in [3.63, 3.8) is 0 Å². The molecule has 2 aliphatic rings. The summed E-state index contributed by atoms with van der Waals surface area (Å²) < 4.78 is 25.6. The van der Waals surface area contributed by atoms with Gasteiger partial charge >= 0.3 is 0 Å². The molecule has 21 heavy (non-hydrogen) atoms. The Balaban J connectivity index is 1.84. The van der Waals surface area contributed by atoms with Crippen molar-refractivity contribution in [1.82, 2.24) is 24.4 Å². The van der Waals surface area contributed by atoms with Crippen molar-refractivity contribution in [2.75, 3.05) is 25.9 Å². The largest absolute Gasteiger partial charge is 0.334 e. The quantitative estimate of drug-likeness (QED) is 0.817. The minimum Gasteiger partial charge on any atom is -0.334 e. The van der Waals surface area contributed by atoms with E-state index in [1.54, 1.807) is 9.21 Å². The lowest BCUT2D eigenvalue weighted by atomic mass is 9.87. The van der Waals surface area contributed by atoms with Crippen molar-refractivity contribution >= 4 is 15.9 Å². The number of rotatable bonds is 2. The molecule has 0 bridgehead atoms. The van der Waals surface area contributed by atoms with Gasteiger partial charge in [-0.2, -0.15) is 9.40 Å². The van der Waals surface area contributed by atoms with Gasteiger partial charge in [-0.15, -0.1) is 0 Å². The molecule has 0 radical (unpaired) electrons. The maximum atomic E-state index is 12.4. The third-order valence-corrected chi connectivity index (χ3v) is 5.76. The van der Waals surface area contributed by atoms with Crippen molar-refractivity contribution in [2.45, 2.75) is 31.2 Å². The lowest BCUT2D eigenvalue weighted by Crippen LogP contribution is -2.58. The lowest BCUT2D eigenvalue weighted by molar-refractivity contribution is 0.0514. The molecule has 1 amide bonds. The highest BCUT2D eigenvalue weighted by Gasteiger charge is 2.48. The summed E-state index contributed by atoms with van der Waals surface area (Å²) in [4.78, 5) is 18.0. The summed E-state index contributed by atoms with van der Waals surface area (Å²) in [5.41, 5.74) is -0.443. The molecule has 2 aliphatic heterocycles. The van der Waals surface area contributed by atoms with Gasteiger partial charge in [0, 0.05) is 19.6 Å². The molecule has 1 aromatic heterocycles. The van der Waals surface area contributed by atoms with E-state index in [1.165, 1.54) is 12.6 Å². The average molecular weight is 313 g/mol. The second kappa shape index (κ2) is 5.06. The topological polar surface area (TPSA) is 99.3 Å². The number of aromatic amines is 1. The average Bonchev–Trinajstić information content (AvgIpc) is 3.07. The van der Waals surface area contributed by atoms with Gasteiger partial charge in [-0.3, -0.25) is 9.89 Å². The highest BCUT2D eigenvalue weighted by molar-refractivity contribution is 7.88. The van der Waals surface area contributed by atoms with E-state index in [4.69, 9.17) is 0 Å². The second-order valence-corrected chi connectivity index (χ2v) is 7.73. The molecule has 0 aromatic carbocycles. The summed E-state index contributed by atoms with van der Waals surface area (Å²) >= 11 is 0. The smallest absolute Gasteiger partial charge is 0.291 e. The zero-order chi connectivity index (χ0) is 15.1. The third-order valence-electron chi connectivity index (χ3n) is 4.39. The van der Waals surface area contributed by atoms with Crippen LogP contribution >= 0.6 is 0 Å². The van der Waals surface area contributed by atoms with E-state index in [1.807, 2.05) is 0 Å². The van der Waals surface area contributed by atoms with Crippen LogP contribution in [0.4, 0.5) is 0 Å². The van der Waals surface area contributed by atoms with Gasteiger partial charge in [0.05, 0.1) is 11.8 Å². The van der Waals surface area contributed by atoms with Crippen molar-refractivity contribution in [3.8, 4) is 0 Å². The molecular formula is C12H19N5O3S. The van der Waals surface area contributed by atoms with Crippen molar-refractivity contribution in [3.05, 3.63) is 12.2 Å². The first kappa shape index (κ1) is 14.5. The summed E-state index contributed by atoms with van der Waals surface area (Å²) in [6.45, 7) is 1.60. The molecule has 9 heteroatoms. The van der Waals surface area contributed by atoms with Crippen LogP contribution in [0.15, 0.2) is 6.33 Å². The maximum absolute atomic E-state index is 12.4. The molecule has 1 aromatic rings.